The zero-order valence-electron chi connectivity index (χ0n) is 18.8. The summed E-state index contributed by atoms with van der Waals surface area (Å²) in [6.45, 7) is 5.86. The SMILES string of the molecule is Cc1ccc(-c2nc(N3CCN(S(C)(=O)=O)CC3)c3oc(-c4ccc(C)cc4)nc3n2)cc1. The molecular formula is C24H25N5O3S. The summed E-state index contributed by atoms with van der Waals surface area (Å²) in [6, 6.07) is 16.0. The number of oxazole rings is 1. The normalized spacial score (nSPS) is 15.3. The number of rotatable bonds is 4. The molecule has 0 saturated carbocycles. The fraction of sp³-hybridized carbons (Fsp3) is 0.292. The molecule has 3 heterocycles. The van der Waals surface area contributed by atoms with Crippen LogP contribution in [0.2, 0.25) is 0 Å². The second-order valence-electron chi connectivity index (χ2n) is 8.42. The number of benzene rings is 2. The first-order valence-corrected chi connectivity index (χ1v) is 12.7. The van der Waals surface area contributed by atoms with E-state index >= 15 is 0 Å². The molecule has 4 aromatic rings. The average molecular weight is 464 g/mol. The van der Waals surface area contributed by atoms with E-state index in [-0.39, 0.29) is 0 Å². The van der Waals surface area contributed by atoms with Gasteiger partial charge >= 0.3 is 0 Å². The predicted octanol–water partition coefficient (Wildman–Crippen LogP) is 3.65. The van der Waals surface area contributed by atoms with Gasteiger partial charge in [-0.15, -0.1) is 0 Å². The van der Waals surface area contributed by atoms with Crippen molar-refractivity contribution in [3.05, 3.63) is 59.7 Å². The highest BCUT2D eigenvalue weighted by Gasteiger charge is 2.27. The summed E-state index contributed by atoms with van der Waals surface area (Å²) in [6.07, 6.45) is 1.24. The Bertz CT molecular complexity index is 1410. The van der Waals surface area contributed by atoms with Crippen LogP contribution in [0.4, 0.5) is 5.82 Å². The van der Waals surface area contributed by atoms with E-state index in [1.165, 1.54) is 10.6 Å². The van der Waals surface area contributed by atoms with Crippen molar-refractivity contribution in [1.29, 1.82) is 0 Å². The van der Waals surface area contributed by atoms with Crippen molar-refractivity contribution in [2.45, 2.75) is 13.8 Å². The van der Waals surface area contributed by atoms with Crippen LogP contribution in [0.25, 0.3) is 34.1 Å². The Morgan fingerprint density at radius 1 is 0.788 bits per heavy atom. The molecule has 5 rings (SSSR count). The fourth-order valence-electron chi connectivity index (χ4n) is 3.91. The third-order valence-electron chi connectivity index (χ3n) is 5.85. The summed E-state index contributed by atoms with van der Waals surface area (Å²) >= 11 is 0. The first-order valence-electron chi connectivity index (χ1n) is 10.8. The molecule has 0 bridgehead atoms. The van der Waals surface area contributed by atoms with Gasteiger partial charge in [-0.1, -0.05) is 47.5 Å². The molecule has 0 aliphatic carbocycles. The summed E-state index contributed by atoms with van der Waals surface area (Å²) in [5, 5.41) is 0. The van der Waals surface area contributed by atoms with E-state index in [1.54, 1.807) is 0 Å². The minimum atomic E-state index is -3.23. The Kier molecular flexibility index (Phi) is 5.38. The first kappa shape index (κ1) is 21.5. The van der Waals surface area contributed by atoms with Gasteiger partial charge in [0.05, 0.1) is 6.26 Å². The van der Waals surface area contributed by atoms with Crippen LogP contribution in [0.5, 0.6) is 0 Å². The number of sulfonamides is 1. The summed E-state index contributed by atoms with van der Waals surface area (Å²) < 4.78 is 31.6. The molecule has 170 valence electrons. The number of hydrogen-bond acceptors (Lipinski definition) is 7. The largest absolute Gasteiger partial charge is 0.430 e. The van der Waals surface area contributed by atoms with Crippen molar-refractivity contribution in [2.24, 2.45) is 0 Å². The zero-order chi connectivity index (χ0) is 23.2. The lowest BCUT2D eigenvalue weighted by Gasteiger charge is -2.33. The molecule has 0 N–H and O–H groups in total. The van der Waals surface area contributed by atoms with Gasteiger partial charge in [-0.2, -0.15) is 9.29 Å². The number of hydrogen-bond donors (Lipinski definition) is 0. The number of aromatic nitrogens is 3. The maximum Gasteiger partial charge on any atom is 0.229 e. The highest BCUT2D eigenvalue weighted by Crippen LogP contribution is 2.32. The Morgan fingerprint density at radius 2 is 1.36 bits per heavy atom. The van der Waals surface area contributed by atoms with Crippen LogP contribution in [-0.2, 0) is 10.0 Å². The van der Waals surface area contributed by atoms with Crippen molar-refractivity contribution in [2.75, 3.05) is 37.3 Å². The Balaban J connectivity index is 1.60. The second kappa shape index (κ2) is 8.24. The average Bonchev–Trinajstić information content (AvgIpc) is 3.23. The van der Waals surface area contributed by atoms with Crippen molar-refractivity contribution >= 4 is 27.1 Å². The molecule has 2 aromatic heterocycles. The monoisotopic (exact) mass is 463 g/mol. The van der Waals surface area contributed by atoms with Crippen molar-refractivity contribution in [3.8, 4) is 22.8 Å². The van der Waals surface area contributed by atoms with Crippen molar-refractivity contribution in [1.82, 2.24) is 19.3 Å². The van der Waals surface area contributed by atoms with Crippen molar-refractivity contribution < 1.29 is 12.8 Å². The number of anilines is 1. The maximum atomic E-state index is 11.9. The lowest BCUT2D eigenvalue weighted by atomic mass is 10.1. The van der Waals surface area contributed by atoms with Gasteiger partial charge in [0.15, 0.2) is 11.6 Å². The van der Waals surface area contributed by atoms with E-state index in [0.29, 0.717) is 54.9 Å². The lowest BCUT2D eigenvalue weighted by molar-refractivity contribution is 0.387. The highest BCUT2D eigenvalue weighted by molar-refractivity contribution is 7.88. The Hall–Kier alpha value is -3.30. The molecule has 0 unspecified atom stereocenters. The van der Waals surface area contributed by atoms with Gasteiger partial charge in [0, 0.05) is 37.3 Å². The quantitative estimate of drug-likeness (QED) is 0.456. The Morgan fingerprint density at radius 3 is 1.94 bits per heavy atom. The van der Waals surface area contributed by atoms with Gasteiger partial charge in [0.25, 0.3) is 0 Å². The van der Waals surface area contributed by atoms with Crippen LogP contribution < -0.4 is 4.90 Å². The number of piperazine rings is 1. The second-order valence-corrected chi connectivity index (χ2v) is 10.4. The minimum absolute atomic E-state index is 0.392. The molecular weight excluding hydrogens is 438 g/mol. The van der Waals surface area contributed by atoms with Crippen molar-refractivity contribution in [3.63, 3.8) is 0 Å². The standard InChI is InChI=1S/C24H25N5O3S/c1-16-4-8-18(9-5-16)21-25-22-20(32-24(27-22)19-10-6-17(2)7-11-19)23(26-21)28-12-14-29(15-13-28)33(3,30)31/h4-11H,12-15H2,1-3H3. The Labute approximate surface area is 193 Å². The van der Waals surface area contributed by atoms with E-state index in [1.807, 2.05) is 67.3 Å². The molecule has 9 heteroatoms. The summed E-state index contributed by atoms with van der Waals surface area (Å²) in [4.78, 5) is 16.3. The fourth-order valence-corrected chi connectivity index (χ4v) is 4.73. The predicted molar refractivity (Wildman–Crippen MR) is 129 cm³/mol. The van der Waals surface area contributed by atoms with Gasteiger partial charge < -0.3 is 9.32 Å². The molecule has 1 fully saturated rings. The molecule has 2 aromatic carbocycles. The topological polar surface area (TPSA) is 92.4 Å². The van der Waals surface area contributed by atoms with Gasteiger partial charge in [-0.25, -0.2) is 18.4 Å². The first-order chi connectivity index (χ1) is 15.8. The van der Waals surface area contributed by atoms with Crippen LogP contribution in [-0.4, -0.2) is 60.1 Å². The summed E-state index contributed by atoms with van der Waals surface area (Å²) in [7, 11) is -3.23. The zero-order valence-corrected chi connectivity index (χ0v) is 19.6. The van der Waals surface area contributed by atoms with Crippen LogP contribution in [0, 0.1) is 13.8 Å². The third-order valence-corrected chi connectivity index (χ3v) is 7.15. The number of aryl methyl sites for hydroxylation is 2. The van der Waals surface area contributed by atoms with E-state index in [0.717, 1.165) is 22.3 Å². The molecule has 8 nitrogen and oxygen atoms in total. The molecule has 1 aliphatic rings. The van der Waals surface area contributed by atoms with E-state index in [9.17, 15) is 8.42 Å². The van der Waals surface area contributed by atoms with Crippen LogP contribution in [0.15, 0.2) is 52.9 Å². The van der Waals surface area contributed by atoms with E-state index in [2.05, 4.69) is 4.98 Å². The van der Waals surface area contributed by atoms with Gasteiger partial charge in [-0.05, 0) is 26.0 Å². The molecule has 1 saturated heterocycles. The van der Waals surface area contributed by atoms with Gasteiger partial charge in [0.1, 0.15) is 0 Å². The number of fused-ring (bicyclic) bond motifs is 1. The van der Waals surface area contributed by atoms with Crippen LogP contribution in [0.3, 0.4) is 0 Å². The van der Waals surface area contributed by atoms with Crippen LogP contribution >= 0.6 is 0 Å². The smallest absolute Gasteiger partial charge is 0.229 e. The third kappa shape index (κ3) is 4.34. The molecule has 0 radical (unpaired) electrons. The maximum absolute atomic E-state index is 11.9. The molecule has 0 spiro atoms. The van der Waals surface area contributed by atoms with Gasteiger partial charge in [-0.3, -0.25) is 0 Å². The summed E-state index contributed by atoms with van der Waals surface area (Å²) in [5.74, 6) is 1.68. The molecule has 0 atom stereocenters. The summed E-state index contributed by atoms with van der Waals surface area (Å²) in [5.41, 5.74) is 5.05. The lowest BCUT2D eigenvalue weighted by Crippen LogP contribution is -2.48. The van der Waals surface area contributed by atoms with Crippen LogP contribution in [0.1, 0.15) is 11.1 Å². The van der Waals surface area contributed by atoms with Gasteiger partial charge in [0.2, 0.25) is 27.1 Å². The molecule has 0 amide bonds. The minimum Gasteiger partial charge on any atom is -0.430 e. The molecule has 1 aliphatic heterocycles. The van der Waals surface area contributed by atoms with E-state index in [4.69, 9.17) is 14.4 Å². The van der Waals surface area contributed by atoms with E-state index < -0.39 is 10.0 Å². The molecule has 33 heavy (non-hydrogen) atoms. The highest BCUT2D eigenvalue weighted by atomic mass is 32.2. The number of nitrogens with zero attached hydrogens (tertiary/aromatic N) is 5.